The van der Waals surface area contributed by atoms with Gasteiger partial charge in [0.05, 0.1) is 0 Å². The van der Waals surface area contributed by atoms with Crippen LogP contribution in [0.5, 0.6) is 0 Å². The number of nitrogens with zero attached hydrogens (tertiary/aromatic N) is 1. The maximum Gasteiger partial charge on any atom is 0.317 e. The van der Waals surface area contributed by atoms with Crippen molar-refractivity contribution in [1.29, 1.82) is 0 Å². The minimum absolute atomic E-state index is 0.00532. The van der Waals surface area contributed by atoms with Gasteiger partial charge in [0.2, 0.25) is 0 Å². The fraction of sp³-hybridized carbons (Fsp3) is 0.556. The molecule has 0 saturated carbocycles. The Bertz CT molecular complexity index is 414. The average Bonchev–Trinajstić information content (AvgIpc) is 2.83. The molecule has 1 aromatic heterocycles. The molecule has 0 aliphatic carbocycles. The summed E-state index contributed by atoms with van der Waals surface area (Å²) in [4.78, 5) is 26.5. The number of aromatic amines is 1. The first kappa shape index (κ1) is 11.2. The molecule has 0 atom stereocenters. The number of thiazole rings is 1. The van der Waals surface area contributed by atoms with Gasteiger partial charge in [-0.3, -0.25) is 4.79 Å². The number of nitrogens with one attached hydrogen (secondary N) is 3. The quantitative estimate of drug-likeness (QED) is 0.612. The van der Waals surface area contributed by atoms with E-state index in [0.717, 1.165) is 36.7 Å². The predicted molar refractivity (Wildman–Crippen MR) is 61.6 cm³/mol. The first-order valence-corrected chi connectivity index (χ1v) is 6.04. The molecule has 1 aliphatic heterocycles. The van der Waals surface area contributed by atoms with Gasteiger partial charge in [0.15, 0.2) is 0 Å². The second-order valence-corrected chi connectivity index (χ2v) is 4.41. The summed E-state index contributed by atoms with van der Waals surface area (Å²) in [6.45, 7) is 3.56. The van der Waals surface area contributed by atoms with Crippen molar-refractivity contribution in [3.05, 3.63) is 20.7 Å². The molecule has 2 heterocycles. The van der Waals surface area contributed by atoms with Crippen molar-refractivity contribution >= 4 is 17.4 Å². The van der Waals surface area contributed by atoms with Crippen molar-refractivity contribution in [2.24, 2.45) is 0 Å². The van der Waals surface area contributed by atoms with Crippen molar-refractivity contribution in [1.82, 2.24) is 20.5 Å². The molecule has 1 aromatic rings. The van der Waals surface area contributed by atoms with E-state index < -0.39 is 0 Å². The van der Waals surface area contributed by atoms with E-state index in [1.54, 1.807) is 10.3 Å². The van der Waals surface area contributed by atoms with Crippen LogP contribution in [0.2, 0.25) is 0 Å². The lowest BCUT2D eigenvalue weighted by molar-refractivity contribution is 0.217. The van der Waals surface area contributed by atoms with Gasteiger partial charge in [0.25, 0.3) is 0 Å². The molecule has 6 nitrogen and oxygen atoms in total. The maximum absolute atomic E-state index is 11.2. The van der Waals surface area contributed by atoms with Gasteiger partial charge in [-0.15, -0.1) is 0 Å². The molecule has 2 amide bonds. The van der Waals surface area contributed by atoms with Gasteiger partial charge in [0.1, 0.15) is 0 Å². The normalized spacial score (nSPS) is 15.5. The van der Waals surface area contributed by atoms with E-state index in [1.807, 2.05) is 0 Å². The van der Waals surface area contributed by atoms with E-state index in [2.05, 4.69) is 15.6 Å². The molecule has 1 fully saturated rings. The standard InChI is InChI=1S/C9H14N4O2S/c14-8-11-2-4-13(8)3-1-10-5-7-6-16-9(15)12-7/h6,10H,1-5H2,(H,11,14)(H,12,15). The molecule has 1 aliphatic rings. The number of amides is 2. The number of rotatable bonds is 5. The van der Waals surface area contributed by atoms with Crippen LogP contribution < -0.4 is 15.5 Å². The molecule has 0 radical (unpaired) electrons. The van der Waals surface area contributed by atoms with E-state index >= 15 is 0 Å². The average molecular weight is 242 g/mol. The zero-order valence-corrected chi connectivity index (χ0v) is 9.60. The van der Waals surface area contributed by atoms with Crippen LogP contribution in [0.4, 0.5) is 4.79 Å². The first-order chi connectivity index (χ1) is 7.75. The Morgan fingerprint density at radius 1 is 1.50 bits per heavy atom. The summed E-state index contributed by atoms with van der Waals surface area (Å²) in [6, 6.07) is 0.00532. The Hall–Kier alpha value is -1.34. The molecular formula is C9H14N4O2S. The summed E-state index contributed by atoms with van der Waals surface area (Å²) in [7, 11) is 0. The van der Waals surface area contributed by atoms with Gasteiger partial charge in [-0.25, -0.2) is 4.79 Å². The van der Waals surface area contributed by atoms with E-state index in [9.17, 15) is 9.59 Å². The molecule has 1 saturated heterocycles. The maximum atomic E-state index is 11.2. The third-order valence-corrected chi connectivity index (χ3v) is 3.11. The van der Waals surface area contributed by atoms with Crippen molar-refractivity contribution in [3.8, 4) is 0 Å². The zero-order chi connectivity index (χ0) is 11.4. The van der Waals surface area contributed by atoms with Crippen LogP contribution in [0.25, 0.3) is 0 Å². The van der Waals surface area contributed by atoms with Gasteiger partial charge in [-0.05, 0) is 0 Å². The molecule has 16 heavy (non-hydrogen) atoms. The van der Waals surface area contributed by atoms with Gasteiger partial charge in [0, 0.05) is 43.8 Å². The number of hydrogen-bond donors (Lipinski definition) is 3. The summed E-state index contributed by atoms with van der Waals surface area (Å²) in [5, 5.41) is 7.73. The Morgan fingerprint density at radius 2 is 2.38 bits per heavy atom. The van der Waals surface area contributed by atoms with Crippen LogP contribution in [0, 0.1) is 0 Å². The number of hydrogen-bond acceptors (Lipinski definition) is 4. The van der Waals surface area contributed by atoms with Crippen LogP contribution >= 0.6 is 11.3 Å². The summed E-state index contributed by atoms with van der Waals surface area (Å²) in [6.07, 6.45) is 0. The molecular weight excluding hydrogens is 228 g/mol. The molecule has 7 heteroatoms. The van der Waals surface area contributed by atoms with Gasteiger partial charge in [-0.2, -0.15) is 0 Å². The van der Waals surface area contributed by atoms with Crippen molar-refractivity contribution in [2.45, 2.75) is 6.54 Å². The highest BCUT2D eigenvalue weighted by Crippen LogP contribution is 1.96. The lowest BCUT2D eigenvalue weighted by Crippen LogP contribution is -2.34. The lowest BCUT2D eigenvalue weighted by Gasteiger charge is -2.13. The molecule has 0 bridgehead atoms. The van der Waals surface area contributed by atoms with Crippen molar-refractivity contribution < 1.29 is 4.79 Å². The monoisotopic (exact) mass is 242 g/mol. The minimum atomic E-state index is -0.0317. The van der Waals surface area contributed by atoms with Gasteiger partial charge in [-0.1, -0.05) is 11.3 Å². The number of H-pyrrole nitrogens is 1. The SMILES string of the molecule is O=C1NCCN1CCNCc1csc(=O)[nH]1. The third-order valence-electron chi connectivity index (χ3n) is 2.39. The fourth-order valence-electron chi connectivity index (χ4n) is 1.56. The molecule has 0 spiro atoms. The van der Waals surface area contributed by atoms with E-state index in [0.29, 0.717) is 13.1 Å². The first-order valence-electron chi connectivity index (χ1n) is 5.16. The molecule has 2 rings (SSSR count). The topological polar surface area (TPSA) is 77.2 Å². The van der Waals surface area contributed by atoms with Crippen LogP contribution in [-0.2, 0) is 6.54 Å². The summed E-state index contributed by atoms with van der Waals surface area (Å²) in [5.74, 6) is 0. The third kappa shape index (κ3) is 2.83. The second-order valence-electron chi connectivity index (χ2n) is 3.57. The summed E-state index contributed by atoms with van der Waals surface area (Å²) in [5.41, 5.74) is 0.890. The number of urea groups is 1. The van der Waals surface area contributed by atoms with E-state index in [4.69, 9.17) is 0 Å². The Balaban J connectivity index is 1.65. The van der Waals surface area contributed by atoms with Crippen LogP contribution in [0.1, 0.15) is 5.69 Å². The number of carbonyl (C=O) groups excluding carboxylic acids is 1. The number of aromatic nitrogens is 1. The van der Waals surface area contributed by atoms with Crippen LogP contribution in [0.15, 0.2) is 10.2 Å². The van der Waals surface area contributed by atoms with Crippen LogP contribution in [-0.4, -0.2) is 42.1 Å². The lowest BCUT2D eigenvalue weighted by atomic mass is 10.4. The van der Waals surface area contributed by atoms with E-state index in [1.165, 1.54) is 0 Å². The van der Waals surface area contributed by atoms with Crippen molar-refractivity contribution in [2.75, 3.05) is 26.2 Å². The smallest absolute Gasteiger partial charge is 0.317 e. The minimum Gasteiger partial charge on any atom is -0.336 e. The molecule has 0 unspecified atom stereocenters. The van der Waals surface area contributed by atoms with Crippen LogP contribution in [0.3, 0.4) is 0 Å². The largest absolute Gasteiger partial charge is 0.336 e. The zero-order valence-electron chi connectivity index (χ0n) is 8.78. The predicted octanol–water partition coefficient (Wildman–Crippen LogP) is -0.449. The highest BCUT2D eigenvalue weighted by atomic mass is 32.1. The highest BCUT2D eigenvalue weighted by molar-refractivity contribution is 7.07. The molecule has 88 valence electrons. The van der Waals surface area contributed by atoms with Crippen molar-refractivity contribution in [3.63, 3.8) is 0 Å². The Morgan fingerprint density at radius 3 is 3.00 bits per heavy atom. The summed E-state index contributed by atoms with van der Waals surface area (Å²) < 4.78 is 0. The highest BCUT2D eigenvalue weighted by Gasteiger charge is 2.17. The molecule has 3 N–H and O–H groups in total. The number of carbonyl (C=O) groups is 1. The Kier molecular flexibility index (Phi) is 3.58. The Labute approximate surface area is 96.7 Å². The van der Waals surface area contributed by atoms with E-state index in [-0.39, 0.29) is 10.9 Å². The van der Waals surface area contributed by atoms with Gasteiger partial charge < -0.3 is 20.5 Å². The summed E-state index contributed by atoms with van der Waals surface area (Å²) >= 11 is 1.16. The fourth-order valence-corrected chi connectivity index (χ4v) is 2.14. The second kappa shape index (κ2) is 5.13. The molecule has 0 aromatic carbocycles. The van der Waals surface area contributed by atoms with Gasteiger partial charge >= 0.3 is 10.9 Å².